The molecule has 1 saturated carbocycles. The number of benzene rings is 2. The molecule has 0 saturated heterocycles. The summed E-state index contributed by atoms with van der Waals surface area (Å²) in [5.41, 5.74) is 6.26. The van der Waals surface area contributed by atoms with E-state index in [0.717, 1.165) is 16.3 Å². The summed E-state index contributed by atoms with van der Waals surface area (Å²) in [6.45, 7) is 0. The van der Waals surface area contributed by atoms with Gasteiger partial charge in [0.1, 0.15) is 0 Å². The molecule has 0 spiro atoms. The Bertz CT molecular complexity index is 646. The van der Waals surface area contributed by atoms with E-state index in [1.807, 2.05) is 0 Å². The maximum Gasteiger partial charge on any atom is 0.0141 e. The van der Waals surface area contributed by atoms with Gasteiger partial charge in [0.05, 0.1) is 0 Å². The lowest BCUT2D eigenvalue weighted by Crippen LogP contribution is -2.04. The van der Waals surface area contributed by atoms with Crippen LogP contribution in [-0.2, 0) is 12.8 Å². The third kappa shape index (κ3) is 2.90. The number of hydrogen-bond donors (Lipinski definition) is 0. The third-order valence-corrected chi connectivity index (χ3v) is 6.71. The third-order valence-electron chi connectivity index (χ3n) is 5.18. The van der Waals surface area contributed by atoms with Gasteiger partial charge in [-0.15, -0.1) is 0 Å². The topological polar surface area (TPSA) is 0 Å². The van der Waals surface area contributed by atoms with Gasteiger partial charge < -0.3 is 0 Å². The number of hydrogen-bond acceptors (Lipinski definition) is 0. The second kappa shape index (κ2) is 5.75. The lowest BCUT2D eigenvalue weighted by Gasteiger charge is -2.18. The molecule has 4 rings (SSSR count). The summed E-state index contributed by atoms with van der Waals surface area (Å²) in [7, 11) is 0. The second-order valence-corrected chi connectivity index (χ2v) is 8.23. The average molecular weight is 388 g/mol. The van der Waals surface area contributed by atoms with Crippen LogP contribution in [0.5, 0.6) is 0 Å². The molecule has 0 N–H and O–H groups in total. The number of halogens is 1. The fourth-order valence-electron chi connectivity index (χ4n) is 3.79. The molecule has 0 aliphatic heterocycles. The first kappa shape index (κ1) is 13.8. The van der Waals surface area contributed by atoms with Crippen molar-refractivity contribution in [2.45, 2.75) is 41.9 Å². The second-order valence-electron chi connectivity index (χ2n) is 6.63. The highest BCUT2D eigenvalue weighted by molar-refractivity contribution is 14.1. The van der Waals surface area contributed by atoms with Crippen molar-refractivity contribution in [1.82, 2.24) is 0 Å². The first-order chi connectivity index (χ1) is 10.3. The number of rotatable bonds is 3. The molecule has 1 heteroatoms. The molecule has 2 aliphatic rings. The molecule has 3 unspecified atom stereocenters. The number of fused-ring (bicyclic) bond motifs is 2. The summed E-state index contributed by atoms with van der Waals surface area (Å²) < 4.78 is 0.955. The SMILES string of the molecule is IC1CC1CCC1Cc2ccccc2Cc2ccccc21. The lowest BCUT2D eigenvalue weighted by molar-refractivity contribution is 0.560. The maximum absolute atomic E-state index is 2.62. The summed E-state index contributed by atoms with van der Waals surface area (Å²) in [4.78, 5) is 0. The summed E-state index contributed by atoms with van der Waals surface area (Å²) >= 11 is 2.62. The fraction of sp³-hybridized carbons (Fsp3) is 0.400. The van der Waals surface area contributed by atoms with Crippen LogP contribution < -0.4 is 0 Å². The molecule has 2 aliphatic carbocycles. The molecule has 2 aromatic carbocycles. The van der Waals surface area contributed by atoms with Gasteiger partial charge in [-0.05, 0) is 66.2 Å². The van der Waals surface area contributed by atoms with Gasteiger partial charge in [-0.2, -0.15) is 0 Å². The van der Waals surface area contributed by atoms with Gasteiger partial charge in [0, 0.05) is 3.92 Å². The minimum atomic E-state index is 0.717. The molecule has 108 valence electrons. The van der Waals surface area contributed by atoms with Gasteiger partial charge in [0.2, 0.25) is 0 Å². The van der Waals surface area contributed by atoms with E-state index in [4.69, 9.17) is 0 Å². The number of alkyl halides is 1. The van der Waals surface area contributed by atoms with E-state index in [2.05, 4.69) is 71.1 Å². The average Bonchev–Trinajstić information content (AvgIpc) is 3.24. The van der Waals surface area contributed by atoms with Crippen LogP contribution in [0.15, 0.2) is 48.5 Å². The smallest absolute Gasteiger partial charge is 0.0141 e. The van der Waals surface area contributed by atoms with E-state index in [9.17, 15) is 0 Å². The molecule has 0 heterocycles. The van der Waals surface area contributed by atoms with E-state index in [1.165, 1.54) is 31.2 Å². The van der Waals surface area contributed by atoms with Crippen molar-refractivity contribution in [2.24, 2.45) is 5.92 Å². The normalized spacial score (nSPS) is 26.6. The molecule has 0 radical (unpaired) electrons. The van der Waals surface area contributed by atoms with Crippen LogP contribution in [0.4, 0.5) is 0 Å². The first-order valence-electron chi connectivity index (χ1n) is 8.10. The maximum atomic E-state index is 2.62. The van der Waals surface area contributed by atoms with Crippen LogP contribution in [-0.4, -0.2) is 3.92 Å². The molecule has 2 aromatic rings. The van der Waals surface area contributed by atoms with Crippen LogP contribution in [0.25, 0.3) is 0 Å². The summed E-state index contributed by atoms with van der Waals surface area (Å²) in [5, 5.41) is 0. The van der Waals surface area contributed by atoms with Crippen LogP contribution in [0.3, 0.4) is 0 Å². The minimum Gasteiger partial charge on any atom is -0.0823 e. The largest absolute Gasteiger partial charge is 0.0823 e. The Kier molecular flexibility index (Phi) is 3.78. The van der Waals surface area contributed by atoms with Gasteiger partial charge in [-0.3, -0.25) is 0 Å². The summed E-state index contributed by atoms with van der Waals surface area (Å²) in [6.07, 6.45) is 6.56. The van der Waals surface area contributed by atoms with Crippen molar-refractivity contribution in [3.8, 4) is 0 Å². The van der Waals surface area contributed by atoms with Crippen molar-refractivity contribution in [3.05, 3.63) is 70.8 Å². The van der Waals surface area contributed by atoms with Crippen LogP contribution in [0.1, 0.15) is 47.4 Å². The van der Waals surface area contributed by atoms with E-state index < -0.39 is 0 Å². The first-order valence-corrected chi connectivity index (χ1v) is 9.34. The Hall–Kier alpha value is -0.830. The van der Waals surface area contributed by atoms with Crippen molar-refractivity contribution < 1.29 is 0 Å². The van der Waals surface area contributed by atoms with Crippen LogP contribution >= 0.6 is 22.6 Å². The van der Waals surface area contributed by atoms with Crippen LogP contribution in [0.2, 0.25) is 0 Å². The van der Waals surface area contributed by atoms with Crippen molar-refractivity contribution >= 4 is 22.6 Å². The van der Waals surface area contributed by atoms with E-state index >= 15 is 0 Å². The molecule has 0 nitrogen and oxygen atoms in total. The van der Waals surface area contributed by atoms with Crippen molar-refractivity contribution in [2.75, 3.05) is 0 Å². The molecule has 1 fully saturated rings. The standard InChI is InChI=1S/C20H21I/c21-20-13-18(20)10-9-17-12-15-6-2-1-5-14(15)11-16-7-3-4-8-19(16)17/h1-8,17-18,20H,9-13H2. The Morgan fingerprint density at radius 1 is 0.857 bits per heavy atom. The van der Waals surface area contributed by atoms with Gasteiger partial charge in [0.25, 0.3) is 0 Å². The highest BCUT2D eigenvalue weighted by atomic mass is 127. The van der Waals surface area contributed by atoms with Crippen molar-refractivity contribution in [3.63, 3.8) is 0 Å². The van der Waals surface area contributed by atoms with E-state index in [1.54, 1.807) is 16.7 Å². The van der Waals surface area contributed by atoms with E-state index in [-0.39, 0.29) is 0 Å². The highest BCUT2D eigenvalue weighted by Gasteiger charge is 2.34. The Morgan fingerprint density at radius 2 is 1.52 bits per heavy atom. The molecule has 0 aromatic heterocycles. The monoisotopic (exact) mass is 388 g/mol. The van der Waals surface area contributed by atoms with Gasteiger partial charge in [-0.1, -0.05) is 71.1 Å². The molecular weight excluding hydrogens is 367 g/mol. The zero-order chi connectivity index (χ0) is 14.2. The molecule has 21 heavy (non-hydrogen) atoms. The van der Waals surface area contributed by atoms with E-state index in [0.29, 0.717) is 5.92 Å². The zero-order valence-corrected chi connectivity index (χ0v) is 14.4. The molecule has 0 amide bonds. The Labute approximate surface area is 141 Å². The minimum absolute atomic E-state index is 0.717. The van der Waals surface area contributed by atoms with Crippen molar-refractivity contribution in [1.29, 1.82) is 0 Å². The molecule has 0 bridgehead atoms. The molecule has 3 atom stereocenters. The van der Waals surface area contributed by atoms with Gasteiger partial charge >= 0.3 is 0 Å². The highest BCUT2D eigenvalue weighted by Crippen LogP contribution is 2.44. The Balaban J connectivity index is 1.64. The Morgan fingerprint density at radius 3 is 2.29 bits per heavy atom. The predicted molar refractivity (Wildman–Crippen MR) is 97.3 cm³/mol. The van der Waals surface area contributed by atoms with Gasteiger partial charge in [0.15, 0.2) is 0 Å². The predicted octanol–water partition coefficient (Wildman–Crippen LogP) is 5.52. The molecular formula is C20H21I. The fourth-order valence-corrected chi connectivity index (χ4v) is 4.80. The van der Waals surface area contributed by atoms with Gasteiger partial charge in [-0.25, -0.2) is 0 Å². The lowest BCUT2D eigenvalue weighted by atomic mass is 9.87. The summed E-state index contributed by atoms with van der Waals surface area (Å²) in [6, 6.07) is 18.2. The zero-order valence-electron chi connectivity index (χ0n) is 12.3. The summed E-state index contributed by atoms with van der Waals surface area (Å²) in [5.74, 6) is 1.71. The quantitative estimate of drug-likeness (QED) is 0.480. The van der Waals surface area contributed by atoms with Crippen LogP contribution in [0, 0.1) is 5.92 Å².